The number of rotatable bonds is 5. The molecule has 0 bridgehead atoms. The number of carbonyl (C=O) groups excluding carboxylic acids is 1. The van der Waals surface area contributed by atoms with Crippen LogP contribution in [0.5, 0.6) is 0 Å². The van der Waals surface area contributed by atoms with Crippen LogP contribution in [0.3, 0.4) is 0 Å². The Morgan fingerprint density at radius 2 is 1.68 bits per heavy atom. The maximum absolute atomic E-state index is 12.4. The summed E-state index contributed by atoms with van der Waals surface area (Å²) in [5, 5.41) is 2.53. The van der Waals surface area contributed by atoms with Gasteiger partial charge in [0.05, 0.1) is 17.0 Å². The Morgan fingerprint density at radius 3 is 2.32 bits per heavy atom. The predicted molar refractivity (Wildman–Crippen MR) is 86.2 cm³/mol. The first-order valence-electron chi connectivity index (χ1n) is 6.80. The zero-order valence-electron chi connectivity index (χ0n) is 12.5. The van der Waals surface area contributed by atoms with Crippen LogP contribution in [0, 0.1) is 6.92 Å². The maximum atomic E-state index is 12.4. The average molecular weight is 318 g/mol. The molecule has 0 unspecified atom stereocenters. The normalized spacial score (nSPS) is 11.0. The van der Waals surface area contributed by atoms with Gasteiger partial charge in [-0.1, -0.05) is 35.9 Å². The number of anilines is 1. The van der Waals surface area contributed by atoms with E-state index in [2.05, 4.69) is 10.0 Å². The van der Waals surface area contributed by atoms with Crippen molar-refractivity contribution >= 4 is 21.6 Å². The van der Waals surface area contributed by atoms with Crippen molar-refractivity contribution in [3.63, 3.8) is 0 Å². The number of likely N-dealkylation sites (N-methyl/N-ethyl adjacent to an activating group) is 1. The summed E-state index contributed by atoms with van der Waals surface area (Å²) < 4.78 is 27.4. The van der Waals surface area contributed by atoms with Crippen molar-refractivity contribution in [2.45, 2.75) is 18.2 Å². The Bertz CT molecular complexity index is 768. The van der Waals surface area contributed by atoms with Crippen molar-refractivity contribution in [1.82, 2.24) is 5.32 Å². The number of aryl methyl sites for hydroxylation is 1. The molecule has 6 heteroatoms. The summed E-state index contributed by atoms with van der Waals surface area (Å²) in [6.07, 6.45) is 0.114. The Balaban J connectivity index is 2.30. The van der Waals surface area contributed by atoms with Gasteiger partial charge in [0.15, 0.2) is 0 Å². The van der Waals surface area contributed by atoms with Crippen LogP contribution >= 0.6 is 0 Å². The van der Waals surface area contributed by atoms with E-state index in [1.54, 1.807) is 55.6 Å². The van der Waals surface area contributed by atoms with Gasteiger partial charge in [-0.3, -0.25) is 9.52 Å². The molecular formula is C16H18N2O3S. The molecule has 5 nitrogen and oxygen atoms in total. The number of nitrogens with one attached hydrogen (secondary N) is 2. The van der Waals surface area contributed by atoms with E-state index in [1.165, 1.54) is 0 Å². The van der Waals surface area contributed by atoms with Gasteiger partial charge in [-0.15, -0.1) is 0 Å². The molecular weight excluding hydrogens is 300 g/mol. The molecule has 0 atom stereocenters. The molecule has 0 aliphatic carbocycles. The number of carbonyl (C=O) groups is 1. The lowest BCUT2D eigenvalue weighted by Crippen LogP contribution is -2.21. The smallest absolute Gasteiger partial charge is 0.261 e. The molecule has 0 aliphatic rings. The van der Waals surface area contributed by atoms with Crippen LogP contribution in [0.15, 0.2) is 53.4 Å². The molecule has 0 aliphatic heterocycles. The summed E-state index contributed by atoms with van der Waals surface area (Å²) in [6, 6.07) is 13.4. The first-order valence-corrected chi connectivity index (χ1v) is 8.28. The summed E-state index contributed by atoms with van der Waals surface area (Å²) in [6.45, 7) is 1.89. The van der Waals surface area contributed by atoms with E-state index in [4.69, 9.17) is 0 Å². The third-order valence-electron chi connectivity index (χ3n) is 3.22. The van der Waals surface area contributed by atoms with E-state index >= 15 is 0 Å². The minimum atomic E-state index is -3.68. The second-order valence-electron chi connectivity index (χ2n) is 4.93. The van der Waals surface area contributed by atoms with Gasteiger partial charge in [0.2, 0.25) is 5.91 Å². The van der Waals surface area contributed by atoms with E-state index in [9.17, 15) is 13.2 Å². The van der Waals surface area contributed by atoms with Gasteiger partial charge in [0.1, 0.15) is 0 Å². The molecule has 0 radical (unpaired) electrons. The molecule has 22 heavy (non-hydrogen) atoms. The summed E-state index contributed by atoms with van der Waals surface area (Å²) >= 11 is 0. The van der Waals surface area contributed by atoms with Crippen molar-refractivity contribution in [3.05, 3.63) is 59.7 Å². The Labute approximate surface area is 130 Å². The Hall–Kier alpha value is -2.34. The topological polar surface area (TPSA) is 75.3 Å². The van der Waals surface area contributed by atoms with E-state index < -0.39 is 10.0 Å². The van der Waals surface area contributed by atoms with Gasteiger partial charge in [0, 0.05) is 7.05 Å². The molecule has 0 fully saturated rings. The average Bonchev–Trinajstić information content (AvgIpc) is 2.49. The first-order chi connectivity index (χ1) is 10.4. The van der Waals surface area contributed by atoms with Gasteiger partial charge in [-0.2, -0.15) is 0 Å². The Morgan fingerprint density at radius 1 is 1.05 bits per heavy atom. The molecule has 0 heterocycles. The van der Waals surface area contributed by atoms with E-state index in [1.807, 2.05) is 6.92 Å². The summed E-state index contributed by atoms with van der Waals surface area (Å²) in [5.74, 6) is -0.179. The summed E-state index contributed by atoms with van der Waals surface area (Å²) in [5.41, 5.74) is 2.02. The van der Waals surface area contributed by atoms with E-state index in [0.717, 1.165) is 5.56 Å². The summed E-state index contributed by atoms with van der Waals surface area (Å²) in [4.78, 5) is 11.7. The maximum Gasteiger partial charge on any atom is 0.261 e. The van der Waals surface area contributed by atoms with Crippen LogP contribution < -0.4 is 10.0 Å². The van der Waals surface area contributed by atoms with Gasteiger partial charge >= 0.3 is 0 Å². The fourth-order valence-corrected chi connectivity index (χ4v) is 3.06. The fourth-order valence-electron chi connectivity index (χ4n) is 1.96. The SMILES string of the molecule is CNC(=O)Cc1ccccc1NS(=O)(=O)c1ccc(C)cc1. The monoisotopic (exact) mass is 318 g/mol. The minimum absolute atomic E-state index is 0.114. The molecule has 0 saturated carbocycles. The van der Waals surface area contributed by atoms with Crippen LogP contribution in [0.4, 0.5) is 5.69 Å². The lowest BCUT2D eigenvalue weighted by Gasteiger charge is -2.12. The lowest BCUT2D eigenvalue weighted by atomic mass is 10.1. The highest BCUT2D eigenvalue weighted by Gasteiger charge is 2.16. The number of hydrogen-bond acceptors (Lipinski definition) is 3. The number of para-hydroxylation sites is 1. The van der Waals surface area contributed by atoms with E-state index in [-0.39, 0.29) is 17.2 Å². The zero-order valence-corrected chi connectivity index (χ0v) is 13.3. The van der Waals surface area contributed by atoms with Gasteiger partial charge < -0.3 is 5.32 Å². The van der Waals surface area contributed by atoms with Crippen LogP contribution in [0.25, 0.3) is 0 Å². The van der Waals surface area contributed by atoms with Gasteiger partial charge in [0.25, 0.3) is 10.0 Å². The largest absolute Gasteiger partial charge is 0.359 e. The van der Waals surface area contributed by atoms with Crippen LogP contribution in [0.1, 0.15) is 11.1 Å². The second kappa shape index (κ2) is 6.62. The summed E-state index contributed by atoms with van der Waals surface area (Å²) in [7, 11) is -2.13. The fraction of sp³-hybridized carbons (Fsp3) is 0.188. The van der Waals surface area contributed by atoms with E-state index in [0.29, 0.717) is 11.3 Å². The number of amides is 1. The van der Waals surface area contributed by atoms with Crippen molar-refractivity contribution < 1.29 is 13.2 Å². The molecule has 2 aromatic carbocycles. The minimum Gasteiger partial charge on any atom is -0.359 e. The lowest BCUT2D eigenvalue weighted by molar-refractivity contribution is -0.119. The number of sulfonamides is 1. The highest BCUT2D eigenvalue weighted by Crippen LogP contribution is 2.20. The molecule has 1 amide bonds. The molecule has 0 saturated heterocycles. The third kappa shape index (κ3) is 3.85. The highest BCUT2D eigenvalue weighted by molar-refractivity contribution is 7.92. The molecule has 2 aromatic rings. The second-order valence-corrected chi connectivity index (χ2v) is 6.61. The number of benzene rings is 2. The standard InChI is InChI=1S/C16H18N2O3S/c1-12-7-9-14(10-8-12)22(20,21)18-15-6-4-3-5-13(15)11-16(19)17-2/h3-10,18H,11H2,1-2H3,(H,17,19). The van der Waals surface area contributed by atoms with Crippen molar-refractivity contribution in [3.8, 4) is 0 Å². The first kappa shape index (κ1) is 16.0. The number of hydrogen-bond donors (Lipinski definition) is 2. The molecule has 0 aromatic heterocycles. The van der Waals surface area contributed by atoms with Crippen molar-refractivity contribution in [2.75, 3.05) is 11.8 Å². The van der Waals surface area contributed by atoms with Crippen molar-refractivity contribution in [2.24, 2.45) is 0 Å². The highest BCUT2D eigenvalue weighted by atomic mass is 32.2. The van der Waals surface area contributed by atoms with Gasteiger partial charge in [-0.05, 0) is 30.7 Å². The molecule has 0 spiro atoms. The van der Waals surface area contributed by atoms with Crippen LogP contribution in [0.2, 0.25) is 0 Å². The van der Waals surface area contributed by atoms with Crippen LogP contribution in [-0.2, 0) is 21.2 Å². The predicted octanol–water partition coefficient (Wildman–Crippen LogP) is 2.08. The Kier molecular flexibility index (Phi) is 4.82. The third-order valence-corrected chi connectivity index (χ3v) is 4.60. The van der Waals surface area contributed by atoms with Crippen molar-refractivity contribution in [1.29, 1.82) is 0 Å². The zero-order chi connectivity index (χ0) is 16.2. The molecule has 2 rings (SSSR count). The molecule has 2 N–H and O–H groups in total. The molecule has 116 valence electrons. The van der Waals surface area contributed by atoms with Gasteiger partial charge in [-0.25, -0.2) is 8.42 Å². The quantitative estimate of drug-likeness (QED) is 0.886. The van der Waals surface area contributed by atoms with Crippen LogP contribution in [-0.4, -0.2) is 21.4 Å².